The van der Waals surface area contributed by atoms with Gasteiger partial charge in [0.2, 0.25) is 5.91 Å². The van der Waals surface area contributed by atoms with E-state index in [1.807, 2.05) is 29.2 Å². The maximum atomic E-state index is 12.8. The molecule has 1 amide bonds. The Balaban J connectivity index is 1.71. The number of carbonyl (C=O) groups excluding carboxylic acids is 1. The van der Waals surface area contributed by atoms with E-state index in [4.69, 9.17) is 14.2 Å². The Hall–Kier alpha value is -1.59. The van der Waals surface area contributed by atoms with Crippen molar-refractivity contribution in [1.82, 2.24) is 4.90 Å². The number of amides is 1. The van der Waals surface area contributed by atoms with Crippen molar-refractivity contribution in [1.29, 1.82) is 0 Å². The van der Waals surface area contributed by atoms with E-state index in [1.54, 1.807) is 7.11 Å². The second kappa shape index (κ2) is 7.11. The van der Waals surface area contributed by atoms with Gasteiger partial charge in [-0.3, -0.25) is 4.79 Å². The lowest BCUT2D eigenvalue weighted by molar-refractivity contribution is -0.150. The van der Waals surface area contributed by atoms with Crippen molar-refractivity contribution in [2.24, 2.45) is 0 Å². The fraction of sp³-hybridized carbons (Fsp3) is 0.588. The molecule has 2 aliphatic heterocycles. The number of benzene rings is 1. The number of ether oxygens (including phenoxy) is 3. The van der Waals surface area contributed by atoms with E-state index in [9.17, 15) is 4.79 Å². The number of rotatable bonds is 4. The monoisotopic (exact) mass is 305 g/mol. The van der Waals surface area contributed by atoms with Crippen LogP contribution in [0.25, 0.3) is 0 Å². The smallest absolute Gasteiger partial charge is 0.227 e. The lowest BCUT2D eigenvalue weighted by atomic mass is 10.00. The molecule has 0 aliphatic carbocycles. The number of hydrogen-bond acceptors (Lipinski definition) is 4. The molecule has 120 valence electrons. The number of likely N-dealkylation sites (tertiary alicyclic amines) is 1. The molecule has 0 N–H and O–H groups in total. The van der Waals surface area contributed by atoms with Crippen LogP contribution in [0.4, 0.5) is 0 Å². The molecular formula is C17H23NO4. The molecule has 22 heavy (non-hydrogen) atoms. The first-order valence-corrected chi connectivity index (χ1v) is 7.94. The summed E-state index contributed by atoms with van der Waals surface area (Å²) in [5, 5.41) is 0. The Kier molecular flexibility index (Phi) is 4.95. The lowest BCUT2D eigenvalue weighted by Gasteiger charge is -2.38. The Bertz CT molecular complexity index is 513. The Morgan fingerprint density at radius 2 is 2.05 bits per heavy atom. The summed E-state index contributed by atoms with van der Waals surface area (Å²) in [7, 11) is 1.63. The quantitative estimate of drug-likeness (QED) is 0.853. The highest BCUT2D eigenvalue weighted by Crippen LogP contribution is 2.26. The van der Waals surface area contributed by atoms with Gasteiger partial charge >= 0.3 is 0 Å². The highest BCUT2D eigenvalue weighted by Gasteiger charge is 2.36. The molecule has 2 aliphatic rings. The molecule has 1 atom stereocenters. The average Bonchev–Trinajstić information content (AvgIpc) is 3.09. The van der Waals surface area contributed by atoms with Crippen molar-refractivity contribution < 1.29 is 19.0 Å². The van der Waals surface area contributed by atoms with Gasteiger partial charge in [0.05, 0.1) is 32.8 Å². The van der Waals surface area contributed by atoms with Crippen molar-refractivity contribution >= 4 is 5.91 Å². The largest absolute Gasteiger partial charge is 0.496 e. The normalized spacial score (nSPS) is 22.8. The molecule has 1 aromatic carbocycles. The fourth-order valence-corrected chi connectivity index (χ4v) is 3.26. The topological polar surface area (TPSA) is 48.0 Å². The van der Waals surface area contributed by atoms with E-state index in [-0.39, 0.29) is 18.2 Å². The van der Waals surface area contributed by atoms with Gasteiger partial charge in [0.15, 0.2) is 6.29 Å². The molecule has 3 rings (SSSR count). The summed E-state index contributed by atoms with van der Waals surface area (Å²) in [6.07, 6.45) is 3.20. The first-order valence-electron chi connectivity index (χ1n) is 7.94. The molecule has 5 heteroatoms. The van der Waals surface area contributed by atoms with Crippen LogP contribution in [0.1, 0.15) is 24.8 Å². The van der Waals surface area contributed by atoms with Crippen LogP contribution in [0, 0.1) is 0 Å². The minimum atomic E-state index is -0.262. The van der Waals surface area contributed by atoms with Gasteiger partial charge < -0.3 is 19.1 Å². The Morgan fingerprint density at radius 3 is 2.82 bits per heavy atom. The van der Waals surface area contributed by atoms with Crippen LogP contribution >= 0.6 is 0 Å². The van der Waals surface area contributed by atoms with Crippen LogP contribution in [0.5, 0.6) is 5.75 Å². The molecule has 2 fully saturated rings. The molecule has 2 heterocycles. The van der Waals surface area contributed by atoms with E-state index in [2.05, 4.69) is 0 Å². The molecule has 5 nitrogen and oxygen atoms in total. The Morgan fingerprint density at radius 1 is 1.27 bits per heavy atom. The summed E-state index contributed by atoms with van der Waals surface area (Å²) < 4.78 is 16.6. The van der Waals surface area contributed by atoms with E-state index >= 15 is 0 Å². The van der Waals surface area contributed by atoms with Crippen LogP contribution in [0.3, 0.4) is 0 Å². The summed E-state index contributed by atoms with van der Waals surface area (Å²) in [6.45, 7) is 2.02. The summed E-state index contributed by atoms with van der Waals surface area (Å²) >= 11 is 0. The van der Waals surface area contributed by atoms with Crippen LogP contribution in [0.2, 0.25) is 0 Å². The predicted molar refractivity (Wildman–Crippen MR) is 81.7 cm³/mol. The summed E-state index contributed by atoms with van der Waals surface area (Å²) in [4.78, 5) is 14.7. The van der Waals surface area contributed by atoms with E-state index in [0.717, 1.165) is 37.1 Å². The molecule has 0 bridgehead atoms. The van der Waals surface area contributed by atoms with Crippen LogP contribution < -0.4 is 4.74 Å². The van der Waals surface area contributed by atoms with Gasteiger partial charge in [0.25, 0.3) is 0 Å². The van der Waals surface area contributed by atoms with E-state index in [1.165, 1.54) is 0 Å². The molecule has 1 aromatic rings. The molecule has 2 saturated heterocycles. The SMILES string of the molecule is COc1ccccc1CC(=O)N1CCCC[C@@H]1C1OCCO1. The van der Waals surface area contributed by atoms with Crippen molar-refractivity contribution in [3.8, 4) is 5.75 Å². The van der Waals surface area contributed by atoms with Gasteiger partial charge in [-0.1, -0.05) is 18.2 Å². The standard InChI is InChI=1S/C17H23NO4/c1-20-15-8-3-2-6-13(15)12-16(19)18-9-5-4-7-14(18)17-21-10-11-22-17/h2-3,6,8,14,17H,4-5,7,9-12H2,1H3/t14-/m1/s1. The zero-order valence-corrected chi connectivity index (χ0v) is 13.0. The van der Waals surface area contributed by atoms with E-state index in [0.29, 0.717) is 19.6 Å². The van der Waals surface area contributed by atoms with Crippen LogP contribution in [0.15, 0.2) is 24.3 Å². The Labute approximate surface area is 131 Å². The van der Waals surface area contributed by atoms with Crippen LogP contribution in [-0.4, -0.2) is 50.0 Å². The minimum absolute atomic E-state index is 0.0402. The van der Waals surface area contributed by atoms with Gasteiger partial charge in [0.1, 0.15) is 5.75 Å². The summed E-state index contributed by atoms with van der Waals surface area (Å²) in [6, 6.07) is 7.72. The number of nitrogens with zero attached hydrogens (tertiary/aromatic N) is 1. The van der Waals surface area contributed by atoms with Crippen molar-refractivity contribution in [3.63, 3.8) is 0 Å². The lowest BCUT2D eigenvalue weighted by Crippen LogP contribution is -2.50. The third-order valence-corrected chi connectivity index (χ3v) is 4.37. The van der Waals surface area contributed by atoms with Gasteiger partial charge in [0, 0.05) is 12.1 Å². The number of para-hydroxylation sites is 1. The molecular weight excluding hydrogens is 282 g/mol. The maximum absolute atomic E-state index is 12.8. The minimum Gasteiger partial charge on any atom is -0.496 e. The first-order chi connectivity index (χ1) is 10.8. The summed E-state index contributed by atoms with van der Waals surface area (Å²) in [5.41, 5.74) is 0.924. The van der Waals surface area contributed by atoms with Crippen molar-refractivity contribution in [2.45, 2.75) is 38.0 Å². The van der Waals surface area contributed by atoms with Crippen molar-refractivity contribution in [2.75, 3.05) is 26.9 Å². The van der Waals surface area contributed by atoms with Gasteiger partial charge in [-0.2, -0.15) is 0 Å². The molecule has 0 saturated carbocycles. The predicted octanol–water partition coefficient (Wildman–Crippen LogP) is 1.99. The number of methoxy groups -OCH3 is 1. The zero-order chi connectivity index (χ0) is 15.4. The van der Waals surface area contributed by atoms with Gasteiger partial charge in [-0.05, 0) is 25.3 Å². The highest BCUT2D eigenvalue weighted by molar-refractivity contribution is 5.80. The molecule has 0 aromatic heterocycles. The van der Waals surface area contributed by atoms with Crippen LogP contribution in [-0.2, 0) is 20.7 Å². The highest BCUT2D eigenvalue weighted by atomic mass is 16.7. The second-order valence-corrected chi connectivity index (χ2v) is 5.75. The zero-order valence-electron chi connectivity index (χ0n) is 13.0. The third kappa shape index (κ3) is 3.25. The van der Waals surface area contributed by atoms with Gasteiger partial charge in [-0.25, -0.2) is 0 Å². The third-order valence-electron chi connectivity index (χ3n) is 4.37. The molecule has 0 radical (unpaired) electrons. The maximum Gasteiger partial charge on any atom is 0.227 e. The van der Waals surface area contributed by atoms with E-state index < -0.39 is 0 Å². The number of hydrogen-bond donors (Lipinski definition) is 0. The molecule has 0 spiro atoms. The first kappa shape index (κ1) is 15.3. The average molecular weight is 305 g/mol. The summed E-state index contributed by atoms with van der Waals surface area (Å²) in [5.74, 6) is 0.881. The second-order valence-electron chi connectivity index (χ2n) is 5.75. The number of carbonyl (C=O) groups is 1. The molecule has 0 unspecified atom stereocenters. The number of piperidine rings is 1. The van der Waals surface area contributed by atoms with Gasteiger partial charge in [-0.15, -0.1) is 0 Å². The van der Waals surface area contributed by atoms with Crippen molar-refractivity contribution in [3.05, 3.63) is 29.8 Å². The fourth-order valence-electron chi connectivity index (χ4n) is 3.26.